The topological polar surface area (TPSA) is 83.9 Å². The number of likely N-dealkylation sites (tertiary alicyclic amines) is 1. The lowest BCUT2D eigenvalue weighted by molar-refractivity contribution is -0.253. The number of aromatic nitrogens is 1. The van der Waals surface area contributed by atoms with Gasteiger partial charge < -0.3 is 24.8 Å². The second-order valence-corrected chi connectivity index (χ2v) is 12.1. The zero-order valence-electron chi connectivity index (χ0n) is 25.8. The van der Waals surface area contributed by atoms with Crippen molar-refractivity contribution < 1.29 is 19.4 Å². The molecule has 0 radical (unpaired) electrons. The van der Waals surface area contributed by atoms with Gasteiger partial charge in [-0.05, 0) is 65.9 Å². The molecule has 4 aromatic rings. The molecule has 234 valence electrons. The number of aliphatic hydroxyl groups is 1. The largest absolute Gasteiger partial charge is 0.392 e. The number of benzene rings is 3. The monoisotopic (exact) mass is 605 g/mol. The second kappa shape index (κ2) is 15.4. The van der Waals surface area contributed by atoms with Gasteiger partial charge in [-0.25, -0.2) is 0 Å². The van der Waals surface area contributed by atoms with Gasteiger partial charge in [-0.3, -0.25) is 9.78 Å². The average Bonchev–Trinajstić information content (AvgIpc) is 3.09. The van der Waals surface area contributed by atoms with Gasteiger partial charge in [0.15, 0.2) is 6.29 Å². The SMILES string of the molecule is O=C(NCc1ccccc1-c1ccc([C@H]2O[C@@H](CN3CCCCCCC3)C[C@@H](c3ccc(CO)cc3)O2)cc1)c1cccnc1. The maximum absolute atomic E-state index is 12.6. The minimum absolute atomic E-state index is 0.0292. The highest BCUT2D eigenvalue weighted by molar-refractivity contribution is 5.93. The summed E-state index contributed by atoms with van der Waals surface area (Å²) in [5, 5.41) is 12.6. The first-order chi connectivity index (χ1) is 22.2. The molecular weight excluding hydrogens is 562 g/mol. The second-order valence-electron chi connectivity index (χ2n) is 12.1. The van der Waals surface area contributed by atoms with E-state index in [4.69, 9.17) is 9.47 Å². The normalized spacial score (nSPS) is 21.0. The van der Waals surface area contributed by atoms with E-state index in [1.165, 1.54) is 32.1 Å². The highest BCUT2D eigenvalue weighted by Crippen LogP contribution is 2.39. The molecule has 3 heterocycles. The van der Waals surface area contributed by atoms with Crippen molar-refractivity contribution in [1.29, 1.82) is 0 Å². The van der Waals surface area contributed by atoms with E-state index < -0.39 is 6.29 Å². The molecule has 0 bridgehead atoms. The number of amides is 1. The Morgan fingerprint density at radius 3 is 2.31 bits per heavy atom. The zero-order chi connectivity index (χ0) is 30.8. The Hall–Kier alpha value is -3.88. The quantitative estimate of drug-likeness (QED) is 0.214. The van der Waals surface area contributed by atoms with E-state index in [2.05, 4.69) is 57.7 Å². The first-order valence-electron chi connectivity index (χ1n) is 16.3. The predicted molar refractivity (Wildman–Crippen MR) is 175 cm³/mol. The lowest BCUT2D eigenvalue weighted by Gasteiger charge is -2.39. The molecule has 0 spiro atoms. The number of rotatable bonds is 9. The molecule has 2 fully saturated rings. The number of nitrogens with one attached hydrogen (secondary N) is 1. The minimum Gasteiger partial charge on any atom is -0.392 e. The van der Waals surface area contributed by atoms with E-state index in [0.29, 0.717) is 12.1 Å². The van der Waals surface area contributed by atoms with E-state index in [1.807, 2.05) is 30.3 Å². The number of carbonyl (C=O) groups is 1. The summed E-state index contributed by atoms with van der Waals surface area (Å²) in [5.41, 5.74) is 6.69. The van der Waals surface area contributed by atoms with E-state index in [9.17, 15) is 9.90 Å². The van der Waals surface area contributed by atoms with Gasteiger partial charge in [0.1, 0.15) is 0 Å². The fourth-order valence-electron chi connectivity index (χ4n) is 6.37. The third-order valence-electron chi connectivity index (χ3n) is 8.90. The molecule has 0 saturated carbocycles. The fraction of sp³-hybridized carbons (Fsp3) is 0.368. The van der Waals surface area contributed by atoms with Crippen molar-refractivity contribution in [3.63, 3.8) is 0 Å². The lowest BCUT2D eigenvalue weighted by Crippen LogP contribution is -2.40. The van der Waals surface area contributed by atoms with Crippen LogP contribution in [0.2, 0.25) is 0 Å². The molecule has 45 heavy (non-hydrogen) atoms. The Morgan fingerprint density at radius 1 is 0.844 bits per heavy atom. The summed E-state index contributed by atoms with van der Waals surface area (Å²) in [6.07, 6.45) is 9.94. The van der Waals surface area contributed by atoms with Gasteiger partial charge in [0, 0.05) is 37.5 Å². The standard InChI is InChI=1S/C38H43N3O4/c42-27-28-12-14-30(15-13-28)36-23-34(26-41-21-6-2-1-3-7-22-41)44-38(45-36)31-18-16-29(17-19-31)35-11-5-4-9-32(35)25-40-37(43)33-10-8-20-39-24-33/h4-5,8-20,24,34,36,38,42H,1-3,6-7,21-23,25-27H2,(H,40,43)/t34-,36+,38+/m1/s1. The summed E-state index contributed by atoms with van der Waals surface area (Å²) >= 11 is 0. The Labute approximate surface area is 266 Å². The molecule has 2 aliphatic rings. The molecule has 3 atom stereocenters. The van der Waals surface area contributed by atoms with Crippen LogP contribution in [0.5, 0.6) is 0 Å². The first-order valence-corrected chi connectivity index (χ1v) is 16.3. The van der Waals surface area contributed by atoms with Crippen molar-refractivity contribution in [2.24, 2.45) is 0 Å². The number of nitrogens with zero attached hydrogens (tertiary/aromatic N) is 2. The van der Waals surface area contributed by atoms with Crippen LogP contribution in [-0.4, -0.2) is 46.6 Å². The summed E-state index contributed by atoms with van der Waals surface area (Å²) in [6, 6.07) is 28.1. The molecule has 7 nitrogen and oxygen atoms in total. The molecule has 2 N–H and O–H groups in total. The van der Waals surface area contributed by atoms with E-state index in [1.54, 1.807) is 24.5 Å². The molecule has 1 amide bonds. The lowest BCUT2D eigenvalue weighted by atomic mass is 9.97. The number of carbonyl (C=O) groups excluding carboxylic acids is 1. The molecular formula is C38H43N3O4. The molecule has 3 aromatic carbocycles. The van der Waals surface area contributed by atoms with Gasteiger partial charge in [0.2, 0.25) is 0 Å². The Bertz CT molecular complexity index is 1500. The molecule has 7 heteroatoms. The summed E-state index contributed by atoms with van der Waals surface area (Å²) in [4.78, 5) is 19.3. The van der Waals surface area contributed by atoms with Gasteiger partial charge >= 0.3 is 0 Å². The summed E-state index contributed by atoms with van der Waals surface area (Å²) < 4.78 is 13.3. The molecule has 6 rings (SSSR count). The molecule has 1 aromatic heterocycles. The molecule has 0 unspecified atom stereocenters. The van der Waals surface area contributed by atoms with Gasteiger partial charge in [-0.2, -0.15) is 0 Å². The van der Waals surface area contributed by atoms with Crippen LogP contribution in [0.15, 0.2) is 97.3 Å². The van der Waals surface area contributed by atoms with Crippen LogP contribution in [0, 0.1) is 0 Å². The maximum atomic E-state index is 12.6. The molecule has 0 aliphatic carbocycles. The van der Waals surface area contributed by atoms with Gasteiger partial charge in [0.25, 0.3) is 5.91 Å². The Morgan fingerprint density at radius 2 is 1.58 bits per heavy atom. The number of aliphatic hydroxyl groups excluding tert-OH is 1. The van der Waals surface area contributed by atoms with Crippen molar-refractivity contribution in [3.05, 3.63) is 125 Å². The van der Waals surface area contributed by atoms with Crippen molar-refractivity contribution in [2.45, 2.75) is 70.2 Å². The average molecular weight is 606 g/mol. The van der Waals surface area contributed by atoms with Gasteiger partial charge in [-0.1, -0.05) is 92.1 Å². The summed E-state index contributed by atoms with van der Waals surface area (Å²) in [6.45, 7) is 3.59. The highest BCUT2D eigenvalue weighted by Gasteiger charge is 2.33. The number of hydrogen-bond donors (Lipinski definition) is 2. The highest BCUT2D eigenvalue weighted by atomic mass is 16.7. The molecule has 2 aliphatic heterocycles. The Kier molecular flexibility index (Phi) is 10.7. The van der Waals surface area contributed by atoms with Gasteiger partial charge in [-0.15, -0.1) is 0 Å². The predicted octanol–water partition coefficient (Wildman–Crippen LogP) is 6.98. The number of hydrogen-bond acceptors (Lipinski definition) is 6. The van der Waals surface area contributed by atoms with Crippen LogP contribution < -0.4 is 5.32 Å². The van der Waals surface area contributed by atoms with Crippen molar-refractivity contribution in [3.8, 4) is 11.1 Å². The minimum atomic E-state index is -0.482. The Balaban J connectivity index is 1.18. The summed E-state index contributed by atoms with van der Waals surface area (Å²) in [5.74, 6) is -0.148. The number of pyridine rings is 1. The van der Waals surface area contributed by atoms with E-state index in [-0.39, 0.29) is 24.7 Å². The van der Waals surface area contributed by atoms with Crippen LogP contribution >= 0.6 is 0 Å². The van der Waals surface area contributed by atoms with E-state index in [0.717, 1.165) is 59.4 Å². The fourth-order valence-corrected chi connectivity index (χ4v) is 6.37. The third kappa shape index (κ3) is 8.24. The summed E-state index contributed by atoms with van der Waals surface area (Å²) in [7, 11) is 0. The van der Waals surface area contributed by atoms with Crippen LogP contribution in [0.25, 0.3) is 11.1 Å². The van der Waals surface area contributed by atoms with Crippen LogP contribution in [0.4, 0.5) is 0 Å². The van der Waals surface area contributed by atoms with Gasteiger partial charge in [0.05, 0.1) is 24.4 Å². The first kappa shape index (κ1) is 31.1. The van der Waals surface area contributed by atoms with E-state index >= 15 is 0 Å². The third-order valence-corrected chi connectivity index (χ3v) is 8.90. The van der Waals surface area contributed by atoms with Crippen LogP contribution in [0.1, 0.15) is 83.5 Å². The molecule has 2 saturated heterocycles. The zero-order valence-corrected chi connectivity index (χ0v) is 25.8. The van der Waals surface area contributed by atoms with Crippen molar-refractivity contribution >= 4 is 5.91 Å². The number of ether oxygens (including phenoxy) is 2. The van der Waals surface area contributed by atoms with Crippen LogP contribution in [0.3, 0.4) is 0 Å². The van der Waals surface area contributed by atoms with Crippen LogP contribution in [-0.2, 0) is 22.6 Å². The van der Waals surface area contributed by atoms with Crippen molar-refractivity contribution in [2.75, 3.05) is 19.6 Å². The smallest absolute Gasteiger partial charge is 0.253 e. The maximum Gasteiger partial charge on any atom is 0.253 e. The van der Waals surface area contributed by atoms with Crippen molar-refractivity contribution in [1.82, 2.24) is 15.2 Å².